The number of hydrogen-bond acceptors (Lipinski definition) is 3. The molecule has 1 saturated carbocycles. The first-order valence-corrected chi connectivity index (χ1v) is 8.44. The van der Waals surface area contributed by atoms with Crippen LogP contribution >= 0.6 is 0 Å². The zero-order chi connectivity index (χ0) is 17.6. The van der Waals surface area contributed by atoms with Crippen molar-refractivity contribution in [3.8, 4) is 0 Å². The number of esters is 1. The van der Waals surface area contributed by atoms with Gasteiger partial charge in [-0.3, -0.25) is 0 Å². The molecule has 3 rings (SSSR count). The van der Waals surface area contributed by atoms with Crippen molar-refractivity contribution in [2.75, 3.05) is 7.11 Å². The molecule has 2 amide bonds. The molecule has 0 heterocycles. The van der Waals surface area contributed by atoms with E-state index in [2.05, 4.69) is 27.5 Å². The molecule has 2 aromatic carbocycles. The monoisotopic (exact) mass is 338 g/mol. The summed E-state index contributed by atoms with van der Waals surface area (Å²) in [5, 5.41) is 5.96. The Balaban J connectivity index is 1.54. The van der Waals surface area contributed by atoms with Gasteiger partial charge in [0.1, 0.15) is 0 Å². The van der Waals surface area contributed by atoms with E-state index in [0.717, 1.165) is 24.0 Å². The number of amides is 2. The number of methoxy groups -OCH3 is 1. The van der Waals surface area contributed by atoms with E-state index >= 15 is 0 Å². The molecule has 0 unspecified atom stereocenters. The molecular formula is C20H22N2O3. The summed E-state index contributed by atoms with van der Waals surface area (Å²) in [6.07, 6.45) is 2.30. The van der Waals surface area contributed by atoms with E-state index < -0.39 is 0 Å². The maximum Gasteiger partial charge on any atom is 0.337 e. The molecule has 0 spiro atoms. The van der Waals surface area contributed by atoms with Crippen LogP contribution in [0.1, 0.15) is 40.4 Å². The molecule has 5 nitrogen and oxygen atoms in total. The Morgan fingerprint density at radius 1 is 1.08 bits per heavy atom. The normalized spacial score (nSPS) is 14.4. The Morgan fingerprint density at radius 3 is 2.36 bits per heavy atom. The third kappa shape index (κ3) is 4.59. The third-order valence-corrected chi connectivity index (χ3v) is 4.37. The van der Waals surface area contributed by atoms with Crippen molar-refractivity contribution in [3.63, 3.8) is 0 Å². The van der Waals surface area contributed by atoms with Gasteiger partial charge in [-0.05, 0) is 42.0 Å². The highest BCUT2D eigenvalue weighted by atomic mass is 16.5. The molecule has 5 heteroatoms. The van der Waals surface area contributed by atoms with Crippen LogP contribution in [-0.4, -0.2) is 19.1 Å². The van der Waals surface area contributed by atoms with Gasteiger partial charge in [-0.2, -0.15) is 0 Å². The molecule has 0 bridgehead atoms. The summed E-state index contributed by atoms with van der Waals surface area (Å²) in [6, 6.07) is 16.9. The Kier molecular flexibility index (Phi) is 5.33. The Morgan fingerprint density at radius 2 is 1.76 bits per heavy atom. The van der Waals surface area contributed by atoms with Gasteiger partial charge in [-0.25, -0.2) is 9.59 Å². The number of rotatable bonds is 6. The Bertz CT molecular complexity index is 724. The molecule has 130 valence electrons. The highest BCUT2D eigenvalue weighted by Gasteiger charge is 2.33. The predicted octanol–water partition coefficient (Wildman–Crippen LogP) is 3.42. The SMILES string of the molecule is COC(=O)c1ccc(CNC(=O)N[C@@H](c2ccccc2)C2CC2)cc1. The quantitative estimate of drug-likeness (QED) is 0.793. The van der Waals surface area contributed by atoms with Crippen LogP contribution in [0.3, 0.4) is 0 Å². The zero-order valence-corrected chi connectivity index (χ0v) is 14.2. The number of carbonyl (C=O) groups excluding carboxylic acids is 2. The number of ether oxygens (including phenoxy) is 1. The fraction of sp³-hybridized carbons (Fsp3) is 0.300. The van der Waals surface area contributed by atoms with Crippen molar-refractivity contribution in [1.29, 1.82) is 0 Å². The molecule has 1 aliphatic rings. The van der Waals surface area contributed by atoms with Crippen LogP contribution < -0.4 is 10.6 Å². The third-order valence-electron chi connectivity index (χ3n) is 4.37. The lowest BCUT2D eigenvalue weighted by Gasteiger charge is -2.19. The summed E-state index contributed by atoms with van der Waals surface area (Å²) in [5.41, 5.74) is 2.56. The minimum atomic E-state index is -0.368. The summed E-state index contributed by atoms with van der Waals surface area (Å²) in [4.78, 5) is 23.7. The lowest BCUT2D eigenvalue weighted by atomic mass is 10.0. The zero-order valence-electron chi connectivity index (χ0n) is 14.2. The molecule has 2 aromatic rings. The molecule has 0 radical (unpaired) electrons. The minimum absolute atomic E-state index is 0.0582. The van der Waals surface area contributed by atoms with Gasteiger partial charge in [0.05, 0.1) is 18.7 Å². The van der Waals surface area contributed by atoms with Crippen molar-refractivity contribution in [3.05, 3.63) is 71.3 Å². The molecular weight excluding hydrogens is 316 g/mol. The fourth-order valence-corrected chi connectivity index (χ4v) is 2.81. The second-order valence-corrected chi connectivity index (χ2v) is 6.24. The fourth-order valence-electron chi connectivity index (χ4n) is 2.81. The van der Waals surface area contributed by atoms with Crippen LogP contribution in [0.5, 0.6) is 0 Å². The summed E-state index contributed by atoms with van der Waals surface area (Å²) < 4.78 is 4.67. The van der Waals surface area contributed by atoms with Crippen LogP contribution in [0.2, 0.25) is 0 Å². The topological polar surface area (TPSA) is 67.4 Å². The van der Waals surface area contributed by atoms with Crippen LogP contribution in [0.4, 0.5) is 4.79 Å². The standard InChI is InChI=1S/C20H22N2O3/c1-25-19(23)17-9-7-14(8-10-17)13-21-20(24)22-18(16-11-12-16)15-5-3-2-4-6-15/h2-10,16,18H,11-13H2,1H3,(H2,21,22,24)/t18-/m0/s1. The van der Waals surface area contributed by atoms with E-state index in [0.29, 0.717) is 18.0 Å². The lowest BCUT2D eigenvalue weighted by Crippen LogP contribution is -2.38. The molecule has 0 aromatic heterocycles. The van der Waals surface area contributed by atoms with E-state index in [-0.39, 0.29) is 18.0 Å². The summed E-state index contributed by atoms with van der Waals surface area (Å²) in [6.45, 7) is 0.402. The summed E-state index contributed by atoms with van der Waals surface area (Å²) in [5.74, 6) is 0.153. The number of benzene rings is 2. The van der Waals surface area contributed by atoms with Gasteiger partial charge in [-0.15, -0.1) is 0 Å². The second-order valence-electron chi connectivity index (χ2n) is 6.24. The van der Waals surface area contributed by atoms with Crippen molar-refractivity contribution in [2.24, 2.45) is 5.92 Å². The summed E-state index contributed by atoms with van der Waals surface area (Å²) in [7, 11) is 1.35. The highest BCUT2D eigenvalue weighted by Crippen LogP contribution is 2.40. The van der Waals surface area contributed by atoms with Gasteiger partial charge in [0.15, 0.2) is 0 Å². The molecule has 1 aliphatic carbocycles. The first-order valence-electron chi connectivity index (χ1n) is 8.44. The van der Waals surface area contributed by atoms with Gasteiger partial charge in [0, 0.05) is 6.54 Å². The lowest BCUT2D eigenvalue weighted by molar-refractivity contribution is 0.0600. The Labute approximate surface area is 147 Å². The predicted molar refractivity (Wildman–Crippen MR) is 95.1 cm³/mol. The van der Waals surface area contributed by atoms with Crippen LogP contribution in [0.25, 0.3) is 0 Å². The van der Waals surface area contributed by atoms with Crippen molar-refractivity contribution in [1.82, 2.24) is 10.6 Å². The van der Waals surface area contributed by atoms with Crippen molar-refractivity contribution >= 4 is 12.0 Å². The Hall–Kier alpha value is -2.82. The van der Waals surface area contributed by atoms with Gasteiger partial charge in [0.2, 0.25) is 0 Å². The molecule has 0 aliphatic heterocycles. The molecule has 1 fully saturated rings. The van der Waals surface area contributed by atoms with Gasteiger partial charge >= 0.3 is 12.0 Å². The average molecular weight is 338 g/mol. The molecule has 1 atom stereocenters. The van der Waals surface area contributed by atoms with Gasteiger partial charge < -0.3 is 15.4 Å². The number of nitrogens with one attached hydrogen (secondary N) is 2. The summed E-state index contributed by atoms with van der Waals surface area (Å²) >= 11 is 0. The molecule has 2 N–H and O–H groups in total. The number of hydrogen-bond donors (Lipinski definition) is 2. The van der Waals surface area contributed by atoms with Crippen molar-refractivity contribution < 1.29 is 14.3 Å². The van der Waals surface area contributed by atoms with E-state index in [1.807, 2.05) is 30.3 Å². The second kappa shape index (κ2) is 7.83. The van der Waals surface area contributed by atoms with E-state index in [1.165, 1.54) is 7.11 Å². The maximum atomic E-state index is 12.3. The van der Waals surface area contributed by atoms with E-state index in [9.17, 15) is 9.59 Å². The minimum Gasteiger partial charge on any atom is -0.465 e. The molecule has 25 heavy (non-hydrogen) atoms. The van der Waals surface area contributed by atoms with Crippen LogP contribution in [-0.2, 0) is 11.3 Å². The first kappa shape index (κ1) is 17.0. The average Bonchev–Trinajstić information content (AvgIpc) is 3.50. The van der Waals surface area contributed by atoms with E-state index in [1.54, 1.807) is 12.1 Å². The molecule has 0 saturated heterocycles. The van der Waals surface area contributed by atoms with Crippen molar-refractivity contribution in [2.45, 2.75) is 25.4 Å². The smallest absolute Gasteiger partial charge is 0.337 e. The van der Waals surface area contributed by atoms with E-state index in [4.69, 9.17) is 0 Å². The largest absolute Gasteiger partial charge is 0.465 e. The first-order chi connectivity index (χ1) is 12.2. The number of carbonyl (C=O) groups is 2. The number of urea groups is 1. The van der Waals surface area contributed by atoms with Crippen LogP contribution in [0.15, 0.2) is 54.6 Å². The van der Waals surface area contributed by atoms with Gasteiger partial charge in [0.25, 0.3) is 0 Å². The van der Waals surface area contributed by atoms with Crippen LogP contribution in [0, 0.1) is 5.92 Å². The highest BCUT2D eigenvalue weighted by molar-refractivity contribution is 5.89. The van der Waals surface area contributed by atoms with Gasteiger partial charge in [-0.1, -0.05) is 42.5 Å². The maximum absolute atomic E-state index is 12.3.